The summed E-state index contributed by atoms with van der Waals surface area (Å²) >= 11 is 0. The van der Waals surface area contributed by atoms with Crippen LogP contribution in [0.1, 0.15) is 34.1 Å². The first-order valence-electron chi connectivity index (χ1n) is 5.95. The van der Waals surface area contributed by atoms with Gasteiger partial charge in [-0.05, 0) is 55.4 Å². The van der Waals surface area contributed by atoms with Gasteiger partial charge in [0.15, 0.2) is 0 Å². The normalized spacial score (nSPS) is 22.6. The third kappa shape index (κ3) is 2.85. The van der Waals surface area contributed by atoms with Crippen molar-refractivity contribution in [2.45, 2.75) is 34.1 Å². The molecule has 0 bridgehead atoms. The van der Waals surface area contributed by atoms with E-state index in [4.69, 9.17) is 0 Å². The summed E-state index contributed by atoms with van der Waals surface area (Å²) in [6.45, 7) is 12.6. The third-order valence-electron chi connectivity index (χ3n) is 2.99. The lowest BCUT2D eigenvalue weighted by Crippen LogP contribution is -2.02. The average Bonchev–Trinajstić information content (AvgIpc) is 2.22. The molecule has 86 valence electrons. The fourth-order valence-corrected chi connectivity index (χ4v) is 2.19. The maximum absolute atomic E-state index is 3.93. The molecule has 0 fully saturated rings. The summed E-state index contributed by atoms with van der Waals surface area (Å²) in [6, 6.07) is 0. The molecule has 1 atom stereocenters. The number of rotatable bonds is 3. The predicted molar refractivity (Wildman–Crippen MR) is 73.3 cm³/mol. The lowest BCUT2D eigenvalue weighted by molar-refractivity contribution is 0.723. The van der Waals surface area contributed by atoms with E-state index in [9.17, 15) is 0 Å². The van der Waals surface area contributed by atoms with Gasteiger partial charge in [0.25, 0.3) is 0 Å². The molecule has 1 unspecified atom stereocenters. The molecule has 0 heteroatoms. The van der Waals surface area contributed by atoms with Crippen molar-refractivity contribution in [3.63, 3.8) is 0 Å². The standard InChI is InChI=1S/C16H22/c1-6-8-13(4)15(7-2)16-10-9-12(3)11-14(16)5/h6-8,10-12H,2,9H2,1,3-5H3/b8-6-,15-13+. The summed E-state index contributed by atoms with van der Waals surface area (Å²) in [4.78, 5) is 0. The Morgan fingerprint density at radius 2 is 2.19 bits per heavy atom. The maximum atomic E-state index is 3.93. The van der Waals surface area contributed by atoms with E-state index < -0.39 is 0 Å². The molecule has 1 aliphatic rings. The van der Waals surface area contributed by atoms with E-state index in [1.807, 2.05) is 13.0 Å². The second-order valence-electron chi connectivity index (χ2n) is 4.48. The molecule has 0 nitrogen and oxygen atoms in total. The van der Waals surface area contributed by atoms with Crippen LogP contribution in [0.3, 0.4) is 0 Å². The Hall–Kier alpha value is -1.30. The van der Waals surface area contributed by atoms with Gasteiger partial charge in [-0.25, -0.2) is 0 Å². The van der Waals surface area contributed by atoms with Gasteiger partial charge in [-0.1, -0.05) is 43.9 Å². The molecular formula is C16H22. The van der Waals surface area contributed by atoms with Crippen LogP contribution in [0.4, 0.5) is 0 Å². The summed E-state index contributed by atoms with van der Waals surface area (Å²) in [6.07, 6.45) is 12.0. The number of hydrogen-bond donors (Lipinski definition) is 0. The van der Waals surface area contributed by atoms with Crippen LogP contribution in [0.25, 0.3) is 0 Å². The van der Waals surface area contributed by atoms with Crippen molar-refractivity contribution >= 4 is 0 Å². The van der Waals surface area contributed by atoms with Crippen LogP contribution in [0.15, 0.2) is 59.3 Å². The zero-order chi connectivity index (χ0) is 12.1. The van der Waals surface area contributed by atoms with E-state index in [0.717, 1.165) is 6.42 Å². The summed E-state index contributed by atoms with van der Waals surface area (Å²) in [5.74, 6) is 0.664. The molecule has 0 amide bonds. The first-order valence-corrected chi connectivity index (χ1v) is 5.95. The van der Waals surface area contributed by atoms with Gasteiger partial charge >= 0.3 is 0 Å². The van der Waals surface area contributed by atoms with Crippen LogP contribution < -0.4 is 0 Å². The number of hydrogen-bond acceptors (Lipinski definition) is 0. The van der Waals surface area contributed by atoms with Crippen molar-refractivity contribution in [3.05, 3.63) is 59.3 Å². The lowest BCUT2D eigenvalue weighted by Gasteiger charge is -2.19. The second kappa shape index (κ2) is 5.69. The Labute approximate surface area is 99.8 Å². The van der Waals surface area contributed by atoms with Crippen LogP contribution in [-0.2, 0) is 0 Å². The maximum Gasteiger partial charge on any atom is -0.0161 e. The van der Waals surface area contributed by atoms with Gasteiger partial charge in [0.1, 0.15) is 0 Å². The van der Waals surface area contributed by atoms with Crippen molar-refractivity contribution in [1.82, 2.24) is 0 Å². The Morgan fingerprint density at radius 3 is 2.69 bits per heavy atom. The van der Waals surface area contributed by atoms with Crippen molar-refractivity contribution < 1.29 is 0 Å². The second-order valence-corrected chi connectivity index (χ2v) is 4.48. The third-order valence-corrected chi connectivity index (χ3v) is 2.99. The topological polar surface area (TPSA) is 0 Å². The minimum atomic E-state index is 0.664. The van der Waals surface area contributed by atoms with Crippen molar-refractivity contribution in [3.8, 4) is 0 Å². The Kier molecular flexibility index (Phi) is 4.54. The van der Waals surface area contributed by atoms with E-state index in [2.05, 4.69) is 51.7 Å². The minimum Gasteiger partial charge on any atom is -0.0984 e. The minimum absolute atomic E-state index is 0.664. The van der Waals surface area contributed by atoms with E-state index in [1.54, 1.807) is 0 Å². The molecule has 1 aliphatic carbocycles. The van der Waals surface area contributed by atoms with E-state index in [0.29, 0.717) is 5.92 Å². The van der Waals surface area contributed by atoms with Gasteiger partial charge in [0, 0.05) is 0 Å². The molecule has 1 rings (SSSR count). The van der Waals surface area contributed by atoms with E-state index in [1.165, 1.54) is 22.3 Å². The molecule has 0 spiro atoms. The summed E-state index contributed by atoms with van der Waals surface area (Å²) in [5.41, 5.74) is 5.27. The molecular weight excluding hydrogens is 192 g/mol. The van der Waals surface area contributed by atoms with Gasteiger partial charge in [0.05, 0.1) is 0 Å². The fraction of sp³-hybridized carbons (Fsp3) is 0.375. The van der Waals surface area contributed by atoms with Crippen LogP contribution in [0, 0.1) is 5.92 Å². The molecule has 0 N–H and O–H groups in total. The fourth-order valence-electron chi connectivity index (χ4n) is 2.19. The largest absolute Gasteiger partial charge is 0.0984 e. The van der Waals surface area contributed by atoms with Gasteiger partial charge in [0.2, 0.25) is 0 Å². The monoisotopic (exact) mass is 214 g/mol. The van der Waals surface area contributed by atoms with Crippen LogP contribution in [0.5, 0.6) is 0 Å². The highest BCUT2D eigenvalue weighted by Gasteiger charge is 2.12. The smallest absolute Gasteiger partial charge is 0.0161 e. The zero-order valence-corrected chi connectivity index (χ0v) is 10.9. The first kappa shape index (κ1) is 12.8. The zero-order valence-electron chi connectivity index (χ0n) is 10.9. The highest BCUT2D eigenvalue weighted by atomic mass is 14.2. The summed E-state index contributed by atoms with van der Waals surface area (Å²) in [5, 5.41) is 0. The van der Waals surface area contributed by atoms with Gasteiger partial charge in [-0.3, -0.25) is 0 Å². The van der Waals surface area contributed by atoms with E-state index in [-0.39, 0.29) is 0 Å². The Morgan fingerprint density at radius 1 is 1.50 bits per heavy atom. The lowest BCUT2D eigenvalue weighted by atomic mass is 9.86. The van der Waals surface area contributed by atoms with Gasteiger partial charge in [-0.2, -0.15) is 0 Å². The van der Waals surface area contributed by atoms with Crippen LogP contribution in [0.2, 0.25) is 0 Å². The Balaban J connectivity index is 3.13. The number of allylic oxidation sites excluding steroid dienone is 9. The quantitative estimate of drug-likeness (QED) is 0.581. The van der Waals surface area contributed by atoms with Crippen molar-refractivity contribution in [1.29, 1.82) is 0 Å². The highest BCUT2D eigenvalue weighted by Crippen LogP contribution is 2.30. The molecule has 0 aromatic rings. The van der Waals surface area contributed by atoms with Crippen molar-refractivity contribution in [2.24, 2.45) is 5.92 Å². The van der Waals surface area contributed by atoms with Crippen molar-refractivity contribution in [2.75, 3.05) is 0 Å². The first-order chi connectivity index (χ1) is 7.60. The van der Waals surface area contributed by atoms with Gasteiger partial charge in [-0.15, -0.1) is 0 Å². The van der Waals surface area contributed by atoms with Crippen LogP contribution in [-0.4, -0.2) is 0 Å². The highest BCUT2D eigenvalue weighted by molar-refractivity contribution is 5.55. The SMILES string of the molecule is C=C/C(C1=CCC(C)C=C1C)=C(C)\C=C/C. The predicted octanol–water partition coefficient (Wildman–Crippen LogP) is 4.98. The molecule has 0 heterocycles. The molecule has 0 saturated heterocycles. The van der Waals surface area contributed by atoms with Gasteiger partial charge < -0.3 is 0 Å². The molecule has 16 heavy (non-hydrogen) atoms. The Bertz CT molecular complexity index is 386. The average molecular weight is 214 g/mol. The van der Waals surface area contributed by atoms with E-state index >= 15 is 0 Å². The molecule has 0 radical (unpaired) electrons. The molecule has 0 aromatic carbocycles. The molecule has 0 aromatic heterocycles. The summed E-state index contributed by atoms with van der Waals surface area (Å²) in [7, 11) is 0. The summed E-state index contributed by atoms with van der Waals surface area (Å²) < 4.78 is 0. The molecule has 0 saturated carbocycles. The van der Waals surface area contributed by atoms with Crippen LogP contribution >= 0.6 is 0 Å². The molecule has 0 aliphatic heterocycles.